The van der Waals surface area contributed by atoms with Crippen molar-refractivity contribution in [1.29, 1.82) is 0 Å². The molecule has 1 amide bonds. The van der Waals surface area contributed by atoms with Crippen LogP contribution in [0.25, 0.3) is 6.08 Å². The molecule has 1 aromatic carbocycles. The average molecular weight is 404 g/mol. The van der Waals surface area contributed by atoms with E-state index in [0.717, 1.165) is 22.5 Å². The van der Waals surface area contributed by atoms with Gasteiger partial charge >= 0.3 is 0 Å². The molecule has 0 aliphatic heterocycles. The summed E-state index contributed by atoms with van der Waals surface area (Å²) in [5.74, 6) is -0.228. The van der Waals surface area contributed by atoms with Crippen LogP contribution in [0.15, 0.2) is 36.7 Å². The average Bonchev–Trinajstić information content (AvgIpc) is 3.14. The Labute approximate surface area is 167 Å². The summed E-state index contributed by atoms with van der Waals surface area (Å²) < 4.78 is 3.49. The highest BCUT2D eigenvalue weighted by Gasteiger charge is 2.14. The second-order valence-corrected chi connectivity index (χ2v) is 7.05. The fraction of sp³-hybridized carbons (Fsp3) is 0.211. The van der Waals surface area contributed by atoms with Gasteiger partial charge in [0.15, 0.2) is 0 Å². The zero-order valence-corrected chi connectivity index (χ0v) is 16.7. The number of halogens is 2. The van der Waals surface area contributed by atoms with Crippen LogP contribution in [0.2, 0.25) is 10.0 Å². The molecule has 3 rings (SSSR count). The highest BCUT2D eigenvalue weighted by molar-refractivity contribution is 6.35. The van der Waals surface area contributed by atoms with E-state index in [1.54, 1.807) is 29.1 Å². The predicted molar refractivity (Wildman–Crippen MR) is 108 cm³/mol. The van der Waals surface area contributed by atoms with E-state index in [4.69, 9.17) is 23.2 Å². The largest absolute Gasteiger partial charge is 0.319 e. The van der Waals surface area contributed by atoms with Crippen molar-refractivity contribution in [2.24, 2.45) is 7.05 Å². The second-order valence-electron chi connectivity index (χ2n) is 6.21. The first-order chi connectivity index (χ1) is 12.8. The monoisotopic (exact) mass is 403 g/mol. The van der Waals surface area contributed by atoms with Crippen molar-refractivity contribution < 1.29 is 4.79 Å². The van der Waals surface area contributed by atoms with Crippen LogP contribution in [0.4, 0.5) is 5.69 Å². The van der Waals surface area contributed by atoms with Gasteiger partial charge in [0, 0.05) is 34.9 Å². The number of carbonyl (C=O) groups is 1. The summed E-state index contributed by atoms with van der Waals surface area (Å²) in [7, 11) is 1.82. The molecule has 6 nitrogen and oxygen atoms in total. The zero-order chi connectivity index (χ0) is 19.6. The molecule has 8 heteroatoms. The molecule has 140 valence electrons. The maximum absolute atomic E-state index is 12.3. The van der Waals surface area contributed by atoms with E-state index in [1.165, 1.54) is 6.08 Å². The summed E-state index contributed by atoms with van der Waals surface area (Å²) >= 11 is 12.2. The quantitative estimate of drug-likeness (QED) is 0.647. The molecule has 0 saturated heterocycles. The van der Waals surface area contributed by atoms with E-state index in [9.17, 15) is 4.79 Å². The summed E-state index contributed by atoms with van der Waals surface area (Å²) in [5.41, 5.74) is 4.04. The zero-order valence-electron chi connectivity index (χ0n) is 15.2. The maximum atomic E-state index is 12.3. The normalized spacial score (nSPS) is 11.3. The minimum atomic E-state index is -0.228. The SMILES string of the molecule is Cc1nn(Cc2ccc(Cl)cc2Cl)c(C)c1NC(=O)/C=C/c1cnn(C)c1. The number of aromatic nitrogens is 4. The Bertz CT molecular complexity index is 1020. The standard InChI is InChI=1S/C19H19Cl2N5O/c1-12-19(23-18(27)7-4-14-9-22-25(3)10-14)13(2)26(24-12)11-15-5-6-16(20)8-17(15)21/h4-10H,11H2,1-3H3,(H,23,27)/b7-4+. The van der Waals surface area contributed by atoms with Crippen molar-refractivity contribution in [3.63, 3.8) is 0 Å². The van der Waals surface area contributed by atoms with Crippen molar-refractivity contribution in [2.45, 2.75) is 20.4 Å². The molecule has 0 aliphatic rings. The van der Waals surface area contributed by atoms with E-state index in [2.05, 4.69) is 15.5 Å². The van der Waals surface area contributed by atoms with E-state index in [-0.39, 0.29) is 5.91 Å². The number of amides is 1. The van der Waals surface area contributed by atoms with Crippen LogP contribution in [-0.2, 0) is 18.4 Å². The Morgan fingerprint density at radius 1 is 1.30 bits per heavy atom. The van der Waals surface area contributed by atoms with Crippen molar-refractivity contribution in [1.82, 2.24) is 19.6 Å². The first kappa shape index (κ1) is 19.2. The van der Waals surface area contributed by atoms with Gasteiger partial charge in [-0.1, -0.05) is 29.3 Å². The molecule has 0 unspecified atom stereocenters. The van der Waals surface area contributed by atoms with Crippen molar-refractivity contribution in [3.05, 3.63) is 69.2 Å². The number of carbonyl (C=O) groups excluding carboxylic acids is 1. The van der Waals surface area contributed by atoms with Gasteiger partial charge in [-0.15, -0.1) is 0 Å². The fourth-order valence-electron chi connectivity index (χ4n) is 2.71. The number of nitrogens with zero attached hydrogens (tertiary/aromatic N) is 4. The molecule has 0 atom stereocenters. The molecule has 2 heterocycles. The number of anilines is 1. The Hall–Kier alpha value is -2.57. The molecule has 0 aliphatic carbocycles. The van der Waals surface area contributed by atoms with Crippen LogP contribution in [0.5, 0.6) is 0 Å². The highest BCUT2D eigenvalue weighted by atomic mass is 35.5. The molecule has 1 N–H and O–H groups in total. The molecule has 2 aromatic heterocycles. The van der Waals surface area contributed by atoms with Crippen LogP contribution in [0.3, 0.4) is 0 Å². The minimum Gasteiger partial charge on any atom is -0.319 e. The number of aryl methyl sites for hydroxylation is 2. The van der Waals surface area contributed by atoms with Crippen LogP contribution < -0.4 is 5.32 Å². The van der Waals surface area contributed by atoms with Crippen molar-refractivity contribution in [3.8, 4) is 0 Å². The molecular formula is C19H19Cl2N5O. The molecule has 0 radical (unpaired) electrons. The highest BCUT2D eigenvalue weighted by Crippen LogP contribution is 2.25. The van der Waals surface area contributed by atoms with Gasteiger partial charge in [0.25, 0.3) is 0 Å². The topological polar surface area (TPSA) is 64.7 Å². The Balaban J connectivity index is 1.75. The lowest BCUT2D eigenvalue weighted by molar-refractivity contribution is -0.111. The van der Waals surface area contributed by atoms with E-state index in [0.29, 0.717) is 22.3 Å². The minimum absolute atomic E-state index is 0.228. The fourth-order valence-corrected chi connectivity index (χ4v) is 3.17. The van der Waals surface area contributed by atoms with Gasteiger partial charge in [0.05, 0.1) is 29.8 Å². The lowest BCUT2D eigenvalue weighted by atomic mass is 10.2. The van der Waals surface area contributed by atoms with Crippen LogP contribution in [0, 0.1) is 13.8 Å². The van der Waals surface area contributed by atoms with Crippen molar-refractivity contribution in [2.75, 3.05) is 5.32 Å². The molecule has 3 aromatic rings. The Kier molecular flexibility index (Phi) is 5.68. The number of benzene rings is 1. The third-order valence-electron chi connectivity index (χ3n) is 4.12. The molecule has 0 fully saturated rings. The number of hydrogen-bond acceptors (Lipinski definition) is 3. The summed E-state index contributed by atoms with van der Waals surface area (Å²) in [6.45, 7) is 4.25. The van der Waals surface area contributed by atoms with Gasteiger partial charge in [-0.25, -0.2) is 0 Å². The molecule has 0 bridgehead atoms. The smallest absolute Gasteiger partial charge is 0.248 e. The molecular weight excluding hydrogens is 385 g/mol. The Morgan fingerprint density at radius 2 is 2.07 bits per heavy atom. The summed E-state index contributed by atoms with van der Waals surface area (Å²) in [6.07, 6.45) is 6.70. The van der Waals surface area contributed by atoms with Crippen LogP contribution in [-0.4, -0.2) is 25.5 Å². The van der Waals surface area contributed by atoms with Crippen molar-refractivity contribution >= 4 is 40.9 Å². The number of nitrogens with one attached hydrogen (secondary N) is 1. The molecule has 0 saturated carbocycles. The lowest BCUT2D eigenvalue weighted by Gasteiger charge is -2.08. The first-order valence-corrected chi connectivity index (χ1v) is 9.04. The van der Waals surface area contributed by atoms with E-state index < -0.39 is 0 Å². The van der Waals surface area contributed by atoms with Gasteiger partial charge in [-0.05, 0) is 37.6 Å². The second kappa shape index (κ2) is 7.98. The third-order valence-corrected chi connectivity index (χ3v) is 4.70. The van der Waals surface area contributed by atoms with Gasteiger partial charge in [-0.3, -0.25) is 14.2 Å². The van der Waals surface area contributed by atoms with Gasteiger partial charge in [-0.2, -0.15) is 10.2 Å². The summed E-state index contributed by atoms with van der Waals surface area (Å²) in [6, 6.07) is 5.37. The van der Waals surface area contributed by atoms with Crippen LogP contribution in [0.1, 0.15) is 22.5 Å². The van der Waals surface area contributed by atoms with Crippen LogP contribution >= 0.6 is 23.2 Å². The number of hydrogen-bond donors (Lipinski definition) is 1. The third kappa shape index (κ3) is 4.59. The maximum Gasteiger partial charge on any atom is 0.248 e. The Morgan fingerprint density at radius 3 is 2.74 bits per heavy atom. The van der Waals surface area contributed by atoms with E-state index >= 15 is 0 Å². The summed E-state index contributed by atoms with van der Waals surface area (Å²) in [5, 5.41) is 12.6. The van der Waals surface area contributed by atoms with Gasteiger partial charge in [0.1, 0.15) is 0 Å². The predicted octanol–water partition coefficient (Wildman–Crippen LogP) is 4.24. The van der Waals surface area contributed by atoms with Gasteiger partial charge < -0.3 is 5.32 Å². The lowest BCUT2D eigenvalue weighted by Crippen LogP contribution is -2.10. The molecule has 0 spiro atoms. The van der Waals surface area contributed by atoms with Gasteiger partial charge in [0.2, 0.25) is 5.91 Å². The number of rotatable bonds is 5. The van der Waals surface area contributed by atoms with E-state index in [1.807, 2.05) is 37.8 Å². The molecule has 27 heavy (non-hydrogen) atoms. The first-order valence-electron chi connectivity index (χ1n) is 8.29. The summed E-state index contributed by atoms with van der Waals surface area (Å²) in [4.78, 5) is 12.3.